The van der Waals surface area contributed by atoms with Crippen LogP contribution in [0, 0.1) is 0 Å². The van der Waals surface area contributed by atoms with Crippen molar-refractivity contribution in [1.29, 1.82) is 0 Å². The number of para-hydroxylation sites is 1. The number of hydrogen-bond acceptors (Lipinski definition) is 2. The van der Waals surface area contributed by atoms with Crippen molar-refractivity contribution in [2.24, 2.45) is 0 Å². The molecule has 0 N–H and O–H groups in total. The van der Waals surface area contributed by atoms with E-state index in [1.807, 2.05) is 18.2 Å². The molecule has 0 fully saturated rings. The molecule has 0 heterocycles. The van der Waals surface area contributed by atoms with Gasteiger partial charge in [0.2, 0.25) is 0 Å². The van der Waals surface area contributed by atoms with E-state index in [1.165, 1.54) is 0 Å². The summed E-state index contributed by atoms with van der Waals surface area (Å²) in [6.07, 6.45) is 1.38. The third-order valence-corrected chi connectivity index (χ3v) is 1.90. The summed E-state index contributed by atoms with van der Waals surface area (Å²) in [6, 6.07) is 9.09. The summed E-state index contributed by atoms with van der Waals surface area (Å²) in [5, 5.41) is -0.506. The Hall–Kier alpha value is -1.28. The van der Waals surface area contributed by atoms with E-state index in [9.17, 15) is 4.79 Å². The predicted molar refractivity (Wildman–Crippen MR) is 56.5 cm³/mol. The lowest BCUT2D eigenvalue weighted by Gasteiger charge is -2.12. The molecule has 1 atom stereocenters. The third kappa shape index (κ3) is 3.23. The molecule has 0 aliphatic heterocycles. The number of carbonyl (C=O) groups is 1. The van der Waals surface area contributed by atoms with Gasteiger partial charge < -0.3 is 4.74 Å². The standard InChI is InChI=1S/C11H11ClO2/c1-2-6-10(11(12)13)14-9-7-4-3-5-8-9/h2-5,7-8,10H,1,6H2. The van der Waals surface area contributed by atoms with Crippen molar-refractivity contribution in [2.45, 2.75) is 12.5 Å². The SMILES string of the molecule is C=CCC(Oc1ccccc1)C(=O)Cl. The molecule has 14 heavy (non-hydrogen) atoms. The first-order valence-electron chi connectivity index (χ1n) is 4.26. The molecule has 0 aliphatic carbocycles. The molecule has 0 bridgehead atoms. The van der Waals surface area contributed by atoms with Crippen molar-refractivity contribution < 1.29 is 9.53 Å². The Labute approximate surface area is 88.1 Å². The molecule has 0 radical (unpaired) electrons. The minimum Gasteiger partial charge on any atom is -0.481 e. The van der Waals surface area contributed by atoms with Crippen molar-refractivity contribution in [2.75, 3.05) is 0 Å². The lowest BCUT2D eigenvalue weighted by Crippen LogP contribution is -2.22. The second-order valence-corrected chi connectivity index (χ2v) is 3.12. The lowest BCUT2D eigenvalue weighted by atomic mass is 10.2. The van der Waals surface area contributed by atoms with E-state index < -0.39 is 11.3 Å². The summed E-state index contributed by atoms with van der Waals surface area (Å²) in [5.74, 6) is 0.633. The van der Waals surface area contributed by atoms with E-state index in [0.717, 1.165) is 0 Å². The van der Waals surface area contributed by atoms with E-state index in [4.69, 9.17) is 16.3 Å². The van der Waals surface area contributed by atoms with Crippen LogP contribution in [-0.2, 0) is 4.79 Å². The summed E-state index contributed by atoms with van der Waals surface area (Å²) in [4.78, 5) is 10.9. The first-order chi connectivity index (χ1) is 6.74. The fraction of sp³-hybridized carbons (Fsp3) is 0.182. The van der Waals surface area contributed by atoms with E-state index in [1.54, 1.807) is 18.2 Å². The molecular formula is C11H11ClO2. The largest absolute Gasteiger partial charge is 0.481 e. The molecule has 0 aliphatic rings. The zero-order valence-corrected chi connectivity index (χ0v) is 8.41. The van der Waals surface area contributed by atoms with Gasteiger partial charge in [0.05, 0.1) is 0 Å². The van der Waals surface area contributed by atoms with Gasteiger partial charge in [0.25, 0.3) is 5.24 Å². The molecule has 0 saturated heterocycles. The van der Waals surface area contributed by atoms with Gasteiger partial charge in [0, 0.05) is 6.42 Å². The normalized spacial score (nSPS) is 11.8. The predicted octanol–water partition coefficient (Wildman–Crippen LogP) is 2.78. The first kappa shape index (κ1) is 10.8. The molecule has 1 aromatic carbocycles. The number of hydrogen-bond donors (Lipinski definition) is 0. The van der Waals surface area contributed by atoms with Crippen LogP contribution < -0.4 is 4.74 Å². The molecule has 0 saturated carbocycles. The van der Waals surface area contributed by atoms with Gasteiger partial charge in [-0.1, -0.05) is 24.3 Å². The first-order valence-corrected chi connectivity index (χ1v) is 4.64. The number of carbonyl (C=O) groups excluding carboxylic acids is 1. The highest BCUT2D eigenvalue weighted by atomic mass is 35.5. The molecule has 3 heteroatoms. The second-order valence-electron chi connectivity index (χ2n) is 2.75. The van der Waals surface area contributed by atoms with Gasteiger partial charge in [-0.2, -0.15) is 0 Å². The minimum absolute atomic E-state index is 0.414. The van der Waals surface area contributed by atoms with Crippen molar-refractivity contribution in [1.82, 2.24) is 0 Å². The molecule has 2 nitrogen and oxygen atoms in total. The summed E-state index contributed by atoms with van der Waals surface area (Å²) >= 11 is 5.36. The van der Waals surface area contributed by atoms with Gasteiger partial charge in [-0.15, -0.1) is 6.58 Å². The summed E-state index contributed by atoms with van der Waals surface area (Å²) in [6.45, 7) is 3.53. The van der Waals surface area contributed by atoms with Gasteiger partial charge in [-0.25, -0.2) is 0 Å². The van der Waals surface area contributed by atoms with Gasteiger partial charge in [0.15, 0.2) is 6.10 Å². The quantitative estimate of drug-likeness (QED) is 0.552. The Morgan fingerprint density at radius 1 is 1.50 bits per heavy atom. The Balaban J connectivity index is 2.64. The van der Waals surface area contributed by atoms with Crippen LogP contribution in [0.4, 0.5) is 0 Å². The highest BCUT2D eigenvalue weighted by molar-refractivity contribution is 6.64. The maximum absolute atomic E-state index is 10.9. The molecule has 0 aromatic heterocycles. The zero-order valence-electron chi connectivity index (χ0n) is 7.65. The minimum atomic E-state index is -0.642. The smallest absolute Gasteiger partial charge is 0.262 e. The van der Waals surface area contributed by atoms with Crippen LogP contribution in [0.15, 0.2) is 43.0 Å². The molecular weight excluding hydrogens is 200 g/mol. The number of ether oxygens (including phenoxy) is 1. The second kappa shape index (κ2) is 5.45. The average Bonchev–Trinajstić information content (AvgIpc) is 2.18. The van der Waals surface area contributed by atoms with Crippen molar-refractivity contribution >= 4 is 16.8 Å². The maximum Gasteiger partial charge on any atom is 0.262 e. The van der Waals surface area contributed by atoms with Gasteiger partial charge in [-0.3, -0.25) is 4.79 Å². The van der Waals surface area contributed by atoms with Crippen LogP contribution in [0.2, 0.25) is 0 Å². The Morgan fingerprint density at radius 3 is 2.64 bits per heavy atom. The Kier molecular flexibility index (Phi) is 4.20. The highest BCUT2D eigenvalue weighted by Crippen LogP contribution is 2.14. The topological polar surface area (TPSA) is 26.3 Å². The summed E-state index contributed by atoms with van der Waals surface area (Å²) in [5.41, 5.74) is 0. The van der Waals surface area contributed by atoms with Gasteiger partial charge in [-0.05, 0) is 23.7 Å². The van der Waals surface area contributed by atoms with Crippen LogP contribution >= 0.6 is 11.6 Å². The Bertz CT molecular complexity index is 308. The molecule has 1 unspecified atom stereocenters. The lowest BCUT2D eigenvalue weighted by molar-refractivity contribution is -0.117. The fourth-order valence-corrected chi connectivity index (χ4v) is 1.14. The van der Waals surface area contributed by atoms with Crippen LogP contribution in [0.1, 0.15) is 6.42 Å². The van der Waals surface area contributed by atoms with Crippen LogP contribution in [0.5, 0.6) is 5.75 Å². The summed E-state index contributed by atoms with van der Waals surface area (Å²) in [7, 11) is 0. The van der Waals surface area contributed by atoms with Gasteiger partial charge >= 0.3 is 0 Å². The van der Waals surface area contributed by atoms with E-state index in [0.29, 0.717) is 12.2 Å². The zero-order chi connectivity index (χ0) is 10.4. The molecule has 0 spiro atoms. The van der Waals surface area contributed by atoms with E-state index in [-0.39, 0.29) is 0 Å². The highest BCUT2D eigenvalue weighted by Gasteiger charge is 2.15. The third-order valence-electron chi connectivity index (χ3n) is 1.66. The molecule has 74 valence electrons. The Morgan fingerprint density at radius 2 is 2.14 bits per heavy atom. The van der Waals surface area contributed by atoms with Crippen LogP contribution in [0.3, 0.4) is 0 Å². The van der Waals surface area contributed by atoms with Crippen molar-refractivity contribution in [3.63, 3.8) is 0 Å². The molecule has 0 amide bonds. The van der Waals surface area contributed by atoms with E-state index >= 15 is 0 Å². The van der Waals surface area contributed by atoms with Crippen molar-refractivity contribution in [3.8, 4) is 5.75 Å². The van der Waals surface area contributed by atoms with Gasteiger partial charge in [0.1, 0.15) is 5.75 Å². The molecule has 1 rings (SSSR count). The molecule has 1 aromatic rings. The number of rotatable bonds is 5. The summed E-state index contributed by atoms with van der Waals surface area (Å²) < 4.78 is 5.36. The monoisotopic (exact) mass is 210 g/mol. The number of benzene rings is 1. The van der Waals surface area contributed by atoms with E-state index in [2.05, 4.69) is 6.58 Å². The van der Waals surface area contributed by atoms with Crippen molar-refractivity contribution in [3.05, 3.63) is 43.0 Å². The van der Waals surface area contributed by atoms with Crippen LogP contribution in [0.25, 0.3) is 0 Å². The number of halogens is 1. The maximum atomic E-state index is 10.9. The van der Waals surface area contributed by atoms with Crippen LogP contribution in [-0.4, -0.2) is 11.3 Å². The fourth-order valence-electron chi connectivity index (χ4n) is 1.00. The average molecular weight is 211 g/mol.